The van der Waals surface area contributed by atoms with E-state index in [1.54, 1.807) is 17.3 Å². The van der Waals surface area contributed by atoms with Crippen molar-refractivity contribution in [2.75, 3.05) is 18.8 Å². The van der Waals surface area contributed by atoms with Crippen LogP contribution in [0.25, 0.3) is 5.82 Å². The van der Waals surface area contributed by atoms with E-state index in [1.165, 1.54) is 12.1 Å². The zero-order chi connectivity index (χ0) is 20.2. The SMILES string of the molecule is CN1CN=c2ccc([N+](=O)[O-])cc2=C1N(OCc1ccccn1)c1ccccc1. The molecular weight excluding hydrogens is 370 g/mol. The molecule has 1 aliphatic heterocycles. The van der Waals surface area contributed by atoms with Crippen molar-refractivity contribution in [1.29, 1.82) is 0 Å². The highest BCUT2D eigenvalue weighted by Crippen LogP contribution is 2.23. The van der Waals surface area contributed by atoms with Gasteiger partial charge in [0.25, 0.3) is 5.69 Å². The van der Waals surface area contributed by atoms with Crippen LogP contribution in [0.3, 0.4) is 0 Å². The summed E-state index contributed by atoms with van der Waals surface area (Å²) in [5.74, 6) is 0.681. The molecule has 0 radical (unpaired) electrons. The van der Waals surface area contributed by atoms with Crippen molar-refractivity contribution in [2.24, 2.45) is 4.99 Å². The summed E-state index contributed by atoms with van der Waals surface area (Å²) in [5.41, 5.74) is 1.57. The lowest BCUT2D eigenvalue weighted by molar-refractivity contribution is -0.385. The minimum Gasteiger partial charge on any atom is -0.339 e. The molecule has 3 aromatic rings. The van der Waals surface area contributed by atoms with Gasteiger partial charge in [0.15, 0.2) is 0 Å². The zero-order valence-electron chi connectivity index (χ0n) is 15.8. The van der Waals surface area contributed by atoms with Gasteiger partial charge in [-0.05, 0) is 30.3 Å². The Kier molecular flexibility index (Phi) is 5.17. The van der Waals surface area contributed by atoms with E-state index in [2.05, 4.69) is 9.98 Å². The molecule has 0 fully saturated rings. The van der Waals surface area contributed by atoms with Crippen molar-refractivity contribution >= 4 is 17.2 Å². The summed E-state index contributed by atoms with van der Waals surface area (Å²) in [6, 6.07) is 19.9. The molecule has 0 saturated carbocycles. The molecule has 2 heterocycles. The molecule has 0 spiro atoms. The van der Waals surface area contributed by atoms with Gasteiger partial charge < -0.3 is 4.90 Å². The van der Waals surface area contributed by atoms with Crippen LogP contribution in [0.2, 0.25) is 0 Å². The summed E-state index contributed by atoms with van der Waals surface area (Å²) >= 11 is 0. The number of rotatable bonds is 6. The van der Waals surface area contributed by atoms with Crippen molar-refractivity contribution in [3.05, 3.63) is 99.3 Å². The number of nitrogens with zero attached hydrogens (tertiary/aromatic N) is 5. The highest BCUT2D eigenvalue weighted by Gasteiger charge is 2.22. The lowest BCUT2D eigenvalue weighted by atomic mass is 10.2. The van der Waals surface area contributed by atoms with Crippen LogP contribution in [0.4, 0.5) is 11.4 Å². The Balaban J connectivity index is 1.85. The molecule has 8 heteroatoms. The average Bonchev–Trinajstić information content (AvgIpc) is 2.76. The third-order valence-electron chi connectivity index (χ3n) is 4.50. The van der Waals surface area contributed by atoms with Gasteiger partial charge in [0, 0.05) is 30.6 Å². The molecule has 0 saturated heterocycles. The number of para-hydroxylation sites is 1. The van der Waals surface area contributed by atoms with Crippen LogP contribution in [0, 0.1) is 10.1 Å². The van der Waals surface area contributed by atoms with Gasteiger partial charge in [-0.2, -0.15) is 0 Å². The average molecular weight is 389 g/mol. The molecule has 146 valence electrons. The van der Waals surface area contributed by atoms with Crippen LogP contribution in [-0.2, 0) is 11.4 Å². The minimum absolute atomic E-state index is 0.00416. The highest BCUT2D eigenvalue weighted by molar-refractivity contribution is 5.65. The first-order chi connectivity index (χ1) is 14.1. The van der Waals surface area contributed by atoms with Crippen LogP contribution in [0.15, 0.2) is 77.9 Å². The highest BCUT2D eigenvalue weighted by atomic mass is 16.7. The number of aromatic nitrogens is 1. The Morgan fingerprint density at radius 3 is 2.66 bits per heavy atom. The summed E-state index contributed by atoms with van der Waals surface area (Å²) in [4.78, 5) is 27.8. The van der Waals surface area contributed by atoms with E-state index in [0.717, 1.165) is 11.4 Å². The van der Waals surface area contributed by atoms with E-state index >= 15 is 0 Å². The molecule has 0 aliphatic carbocycles. The standard InChI is InChI=1S/C21H19N5O3/c1-24-15-23-20-11-10-18(26(27)28)13-19(20)21(24)25(17-8-3-2-4-9-17)29-14-16-7-5-6-12-22-16/h2-13H,14-15H2,1H3. The molecule has 0 amide bonds. The summed E-state index contributed by atoms with van der Waals surface area (Å²) in [6.07, 6.45) is 1.71. The first-order valence-corrected chi connectivity index (χ1v) is 9.06. The molecule has 1 aromatic heterocycles. The smallest absolute Gasteiger partial charge is 0.270 e. The quantitative estimate of drug-likeness (QED) is 0.475. The number of nitro benzene ring substituents is 1. The van der Waals surface area contributed by atoms with Gasteiger partial charge in [-0.25, -0.2) is 5.06 Å². The van der Waals surface area contributed by atoms with E-state index < -0.39 is 4.92 Å². The molecule has 1 aliphatic rings. The minimum atomic E-state index is -0.409. The maximum absolute atomic E-state index is 11.3. The summed E-state index contributed by atoms with van der Waals surface area (Å²) in [7, 11) is 1.88. The second-order valence-electron chi connectivity index (χ2n) is 6.50. The van der Waals surface area contributed by atoms with Crippen LogP contribution in [-0.4, -0.2) is 28.5 Å². The predicted octanol–water partition coefficient (Wildman–Crippen LogP) is 2.22. The van der Waals surface area contributed by atoms with Crippen molar-refractivity contribution in [3.8, 4) is 0 Å². The number of hydrogen-bond acceptors (Lipinski definition) is 7. The van der Waals surface area contributed by atoms with Crippen LogP contribution in [0.1, 0.15) is 5.69 Å². The third-order valence-corrected chi connectivity index (χ3v) is 4.50. The van der Waals surface area contributed by atoms with Gasteiger partial charge in [0.05, 0.1) is 21.7 Å². The molecule has 0 N–H and O–H groups in total. The van der Waals surface area contributed by atoms with Gasteiger partial charge >= 0.3 is 0 Å². The molecule has 29 heavy (non-hydrogen) atoms. The maximum atomic E-state index is 11.3. The zero-order valence-corrected chi connectivity index (χ0v) is 15.8. The number of benzene rings is 2. The van der Waals surface area contributed by atoms with Crippen molar-refractivity contribution < 1.29 is 9.76 Å². The van der Waals surface area contributed by atoms with Gasteiger partial charge in [-0.3, -0.25) is 24.9 Å². The summed E-state index contributed by atoms with van der Waals surface area (Å²) < 4.78 is 0. The number of nitro groups is 1. The Morgan fingerprint density at radius 1 is 1.14 bits per heavy atom. The lowest BCUT2D eigenvalue weighted by Crippen LogP contribution is -2.45. The van der Waals surface area contributed by atoms with Gasteiger partial charge in [-0.15, -0.1) is 0 Å². The van der Waals surface area contributed by atoms with E-state index in [4.69, 9.17) is 4.84 Å². The fourth-order valence-electron chi connectivity index (χ4n) is 3.11. The van der Waals surface area contributed by atoms with Crippen molar-refractivity contribution in [2.45, 2.75) is 6.61 Å². The Hall–Kier alpha value is -3.78. The second-order valence-corrected chi connectivity index (χ2v) is 6.50. The fraction of sp³-hybridized carbons (Fsp3) is 0.143. The fourth-order valence-corrected chi connectivity index (χ4v) is 3.11. The van der Waals surface area contributed by atoms with Crippen LogP contribution < -0.4 is 15.6 Å². The third kappa shape index (κ3) is 3.92. The van der Waals surface area contributed by atoms with Gasteiger partial charge in [0.1, 0.15) is 19.1 Å². The monoisotopic (exact) mass is 389 g/mol. The number of anilines is 1. The Bertz CT molecular complexity index is 1140. The van der Waals surface area contributed by atoms with E-state index in [-0.39, 0.29) is 12.3 Å². The largest absolute Gasteiger partial charge is 0.339 e. The van der Waals surface area contributed by atoms with Gasteiger partial charge in [-0.1, -0.05) is 24.3 Å². The van der Waals surface area contributed by atoms with Crippen LogP contribution >= 0.6 is 0 Å². The normalized spacial score (nSPS) is 12.9. The van der Waals surface area contributed by atoms with E-state index in [1.807, 2.05) is 60.5 Å². The molecule has 4 rings (SSSR count). The molecule has 8 nitrogen and oxygen atoms in total. The molecule has 0 unspecified atom stereocenters. The first-order valence-electron chi connectivity index (χ1n) is 9.06. The molecular formula is C21H19N5O3. The number of hydroxylamine groups is 1. The topological polar surface area (TPSA) is 84.1 Å². The number of fused-ring (bicyclic) bond motifs is 1. The Labute approximate surface area is 167 Å². The maximum Gasteiger partial charge on any atom is 0.270 e. The van der Waals surface area contributed by atoms with E-state index in [0.29, 0.717) is 23.1 Å². The Morgan fingerprint density at radius 2 is 1.93 bits per heavy atom. The van der Waals surface area contributed by atoms with Gasteiger partial charge in [0.2, 0.25) is 0 Å². The lowest BCUT2D eigenvalue weighted by Gasteiger charge is -2.33. The second kappa shape index (κ2) is 8.07. The summed E-state index contributed by atoms with van der Waals surface area (Å²) in [6.45, 7) is 0.658. The van der Waals surface area contributed by atoms with Crippen molar-refractivity contribution in [1.82, 2.24) is 9.88 Å². The molecule has 0 atom stereocenters. The molecule has 2 aromatic carbocycles. The van der Waals surface area contributed by atoms with Crippen LogP contribution in [0.5, 0.6) is 0 Å². The number of pyridine rings is 1. The number of non-ortho nitro benzene ring substituents is 1. The number of hydrogen-bond donors (Lipinski definition) is 0. The predicted molar refractivity (Wildman–Crippen MR) is 108 cm³/mol. The van der Waals surface area contributed by atoms with Crippen molar-refractivity contribution in [3.63, 3.8) is 0 Å². The molecule has 0 bridgehead atoms. The van der Waals surface area contributed by atoms with E-state index in [9.17, 15) is 10.1 Å². The first kappa shape index (κ1) is 18.6. The summed E-state index contributed by atoms with van der Waals surface area (Å²) in [5, 5.41) is 14.3.